The van der Waals surface area contributed by atoms with E-state index in [1.165, 1.54) is 5.56 Å². The summed E-state index contributed by atoms with van der Waals surface area (Å²) >= 11 is 0. The van der Waals surface area contributed by atoms with Crippen LogP contribution in [0.2, 0.25) is 0 Å². The Labute approximate surface area is 230 Å². The molecule has 11 heteroatoms. The summed E-state index contributed by atoms with van der Waals surface area (Å²) in [6.07, 6.45) is 6.17. The van der Waals surface area contributed by atoms with Crippen LogP contribution in [-0.4, -0.2) is 53.2 Å². The number of amides is 2. The molecule has 8 nitrogen and oxygen atoms in total. The number of carboxylic acid groups (broad SMARTS) is 1. The van der Waals surface area contributed by atoms with E-state index in [9.17, 15) is 22.8 Å². The third-order valence-electron chi connectivity index (χ3n) is 7.38. The van der Waals surface area contributed by atoms with E-state index in [4.69, 9.17) is 22.1 Å². The molecule has 5 N–H and O–H groups in total. The number of nitrogens with two attached hydrogens (primary N) is 1. The van der Waals surface area contributed by atoms with Gasteiger partial charge in [-0.15, -0.1) is 6.42 Å². The second-order valence-electron chi connectivity index (χ2n) is 10.1. The molecule has 1 aromatic heterocycles. The number of anilines is 1. The lowest BCUT2D eigenvalue weighted by Gasteiger charge is -2.29. The first kappa shape index (κ1) is 30.5. The van der Waals surface area contributed by atoms with Gasteiger partial charge in [-0.1, -0.05) is 5.92 Å². The SMILES string of the molecule is C#CCNC(=O)c1ccc2c(c1)/C(=C/c1[nH]c(C)c(C)c1C)C(=O)N2CC1CCC(N)CC1.O=C(O)C(F)(F)F. The summed E-state index contributed by atoms with van der Waals surface area (Å²) in [6, 6.07) is 5.72. The molecule has 40 heavy (non-hydrogen) atoms. The summed E-state index contributed by atoms with van der Waals surface area (Å²) in [5, 5.41) is 9.83. The monoisotopic (exact) mass is 558 g/mol. The number of aromatic amines is 1. The minimum Gasteiger partial charge on any atom is -0.475 e. The molecular formula is C29H33F3N4O4. The molecule has 1 aliphatic heterocycles. The number of alkyl halides is 3. The molecule has 1 aliphatic carbocycles. The zero-order valence-electron chi connectivity index (χ0n) is 22.6. The van der Waals surface area contributed by atoms with Crippen LogP contribution in [0.3, 0.4) is 0 Å². The molecule has 0 saturated heterocycles. The van der Waals surface area contributed by atoms with Crippen molar-refractivity contribution in [3.05, 3.63) is 51.8 Å². The minimum atomic E-state index is -5.08. The number of rotatable bonds is 5. The first-order valence-electron chi connectivity index (χ1n) is 12.9. The van der Waals surface area contributed by atoms with Gasteiger partial charge in [-0.3, -0.25) is 9.59 Å². The summed E-state index contributed by atoms with van der Waals surface area (Å²) in [6.45, 7) is 6.98. The number of carbonyl (C=O) groups is 3. The molecule has 0 atom stereocenters. The van der Waals surface area contributed by atoms with Gasteiger partial charge in [0.25, 0.3) is 11.8 Å². The summed E-state index contributed by atoms with van der Waals surface area (Å²) in [7, 11) is 0. The van der Waals surface area contributed by atoms with Gasteiger partial charge in [0.1, 0.15) is 0 Å². The minimum absolute atomic E-state index is 0.0228. The fraction of sp³-hybridized carbons (Fsp3) is 0.414. The molecule has 1 aromatic carbocycles. The van der Waals surface area contributed by atoms with Gasteiger partial charge in [0, 0.05) is 35.1 Å². The Morgan fingerprint density at radius 3 is 2.35 bits per heavy atom. The molecule has 0 spiro atoms. The lowest BCUT2D eigenvalue weighted by molar-refractivity contribution is -0.192. The van der Waals surface area contributed by atoms with Crippen molar-refractivity contribution in [3.63, 3.8) is 0 Å². The zero-order valence-corrected chi connectivity index (χ0v) is 22.6. The molecule has 2 heterocycles. The predicted octanol–water partition coefficient (Wildman–Crippen LogP) is 4.34. The number of H-pyrrole nitrogens is 1. The third-order valence-corrected chi connectivity index (χ3v) is 7.38. The van der Waals surface area contributed by atoms with Crippen LogP contribution in [0.15, 0.2) is 18.2 Å². The quantitative estimate of drug-likeness (QED) is 0.321. The Morgan fingerprint density at radius 2 is 1.82 bits per heavy atom. The second kappa shape index (κ2) is 12.4. The third kappa shape index (κ3) is 6.93. The Kier molecular flexibility index (Phi) is 9.48. The molecular weight excluding hydrogens is 525 g/mol. The first-order valence-corrected chi connectivity index (χ1v) is 12.9. The van der Waals surface area contributed by atoms with Gasteiger partial charge < -0.3 is 26.0 Å². The maximum absolute atomic E-state index is 13.7. The van der Waals surface area contributed by atoms with Gasteiger partial charge in [0.05, 0.1) is 17.8 Å². The van der Waals surface area contributed by atoms with Gasteiger partial charge >= 0.3 is 12.1 Å². The van der Waals surface area contributed by atoms with Crippen molar-refractivity contribution in [2.75, 3.05) is 18.0 Å². The summed E-state index contributed by atoms with van der Waals surface area (Å²) in [5.41, 5.74) is 13.1. The molecule has 214 valence electrons. The number of aryl methyl sites for hydroxylation is 1. The highest BCUT2D eigenvalue weighted by Crippen LogP contribution is 2.40. The Balaban J connectivity index is 0.000000559. The fourth-order valence-electron chi connectivity index (χ4n) is 4.84. The zero-order chi connectivity index (χ0) is 29.8. The maximum Gasteiger partial charge on any atom is 0.490 e. The van der Waals surface area contributed by atoms with Crippen molar-refractivity contribution >= 4 is 35.1 Å². The number of nitrogens with zero attached hydrogens (tertiary/aromatic N) is 1. The summed E-state index contributed by atoms with van der Waals surface area (Å²) in [4.78, 5) is 40.4. The number of nitrogens with one attached hydrogen (secondary N) is 2. The number of aromatic nitrogens is 1. The van der Waals surface area contributed by atoms with E-state index in [0.29, 0.717) is 23.6 Å². The van der Waals surface area contributed by atoms with E-state index in [0.717, 1.165) is 53.9 Å². The van der Waals surface area contributed by atoms with Gasteiger partial charge in [-0.25, -0.2) is 4.79 Å². The average molecular weight is 559 g/mol. The number of hydrogen-bond donors (Lipinski definition) is 4. The number of terminal acetylenes is 1. The second-order valence-corrected chi connectivity index (χ2v) is 10.1. The van der Waals surface area contributed by atoms with E-state index >= 15 is 0 Å². The van der Waals surface area contributed by atoms with Crippen LogP contribution in [-0.2, 0) is 9.59 Å². The number of benzene rings is 1. The van der Waals surface area contributed by atoms with Gasteiger partial charge in [-0.2, -0.15) is 13.2 Å². The topological polar surface area (TPSA) is 129 Å². The van der Waals surface area contributed by atoms with E-state index in [1.54, 1.807) is 12.1 Å². The van der Waals surface area contributed by atoms with Crippen LogP contribution < -0.4 is 16.0 Å². The first-order chi connectivity index (χ1) is 18.7. The molecule has 0 radical (unpaired) electrons. The lowest BCUT2D eigenvalue weighted by atomic mass is 9.86. The van der Waals surface area contributed by atoms with Crippen LogP contribution in [0.5, 0.6) is 0 Å². The van der Waals surface area contributed by atoms with Crippen molar-refractivity contribution in [2.24, 2.45) is 11.7 Å². The smallest absolute Gasteiger partial charge is 0.475 e. The van der Waals surface area contributed by atoms with Crippen molar-refractivity contribution < 1.29 is 32.7 Å². The van der Waals surface area contributed by atoms with E-state index in [2.05, 4.69) is 30.1 Å². The van der Waals surface area contributed by atoms with Crippen molar-refractivity contribution in [1.29, 1.82) is 0 Å². The molecule has 1 saturated carbocycles. The molecule has 2 aliphatic rings. The van der Waals surface area contributed by atoms with Gasteiger partial charge in [0.15, 0.2) is 0 Å². The molecule has 1 fully saturated rings. The maximum atomic E-state index is 13.7. The van der Waals surface area contributed by atoms with Crippen molar-refractivity contribution in [2.45, 2.75) is 58.7 Å². The number of carboxylic acids is 1. The molecule has 0 bridgehead atoms. The Bertz CT molecular complexity index is 1360. The highest BCUT2D eigenvalue weighted by Gasteiger charge is 2.38. The standard InChI is InChI=1S/C27H32N4O2.C2HF3O2/c1-5-12-29-26(32)20-8-11-25-22(13-20)23(14-24-17(3)16(2)18(4)30-24)27(33)31(25)15-19-6-9-21(28)10-7-19;3-2(4,5)1(6)7/h1,8,11,13-14,19,21,30H,6-7,9-10,12,15,28H2,2-4H3,(H,29,32);(H,6,7)/b23-14-;. The van der Waals surface area contributed by atoms with Gasteiger partial charge in [-0.05, 0) is 87.8 Å². The van der Waals surface area contributed by atoms with Crippen LogP contribution in [0.4, 0.5) is 18.9 Å². The number of carbonyl (C=O) groups excluding carboxylic acids is 2. The van der Waals surface area contributed by atoms with Crippen molar-refractivity contribution in [1.82, 2.24) is 10.3 Å². The number of aliphatic carboxylic acids is 1. The van der Waals surface area contributed by atoms with Crippen LogP contribution in [0.25, 0.3) is 11.6 Å². The highest BCUT2D eigenvalue weighted by molar-refractivity contribution is 6.36. The van der Waals surface area contributed by atoms with E-state index < -0.39 is 12.1 Å². The molecule has 2 amide bonds. The van der Waals surface area contributed by atoms with E-state index in [1.807, 2.05) is 24.0 Å². The van der Waals surface area contributed by atoms with Crippen molar-refractivity contribution in [3.8, 4) is 12.3 Å². The number of fused-ring (bicyclic) bond motifs is 1. The normalized spacial score (nSPS) is 19.5. The fourth-order valence-corrected chi connectivity index (χ4v) is 4.84. The molecule has 4 rings (SSSR count). The van der Waals surface area contributed by atoms with Crippen LogP contribution >= 0.6 is 0 Å². The number of hydrogen-bond acceptors (Lipinski definition) is 4. The van der Waals surface area contributed by atoms with E-state index in [-0.39, 0.29) is 24.4 Å². The Hall–Kier alpha value is -4.04. The Morgan fingerprint density at radius 1 is 1.20 bits per heavy atom. The summed E-state index contributed by atoms with van der Waals surface area (Å²) < 4.78 is 31.7. The highest BCUT2D eigenvalue weighted by atomic mass is 19.4. The lowest BCUT2D eigenvalue weighted by Crippen LogP contribution is -2.36. The van der Waals surface area contributed by atoms with Gasteiger partial charge in [0.2, 0.25) is 0 Å². The average Bonchev–Trinajstić information content (AvgIpc) is 3.30. The molecule has 0 unspecified atom stereocenters. The summed E-state index contributed by atoms with van der Waals surface area (Å²) in [5.74, 6) is -0.178. The predicted molar refractivity (Wildman–Crippen MR) is 146 cm³/mol. The van der Waals surface area contributed by atoms with Crippen LogP contribution in [0.1, 0.15) is 64.1 Å². The molecule has 2 aromatic rings. The number of halogens is 3. The van der Waals surface area contributed by atoms with Crippen LogP contribution in [0, 0.1) is 39.0 Å². The largest absolute Gasteiger partial charge is 0.490 e.